The Morgan fingerprint density at radius 1 is 1.29 bits per heavy atom. The molecule has 0 aliphatic heterocycles. The number of carbonyl (C=O) groups excluding carboxylic acids is 1. The molecule has 0 bridgehead atoms. The molecule has 0 aliphatic carbocycles. The number of methoxy groups -OCH3 is 1. The number of hydrogen-bond acceptors (Lipinski definition) is 3. The summed E-state index contributed by atoms with van der Waals surface area (Å²) in [5.74, 6) is -0.448. The second-order valence-corrected chi connectivity index (χ2v) is 3.62. The number of Topliss-reactive ketones (excluding diaryl/α,β-unsaturated/α-hetero) is 1. The SMILES string of the molecule is COc1ccc(/C(=C/C(=O)O)CC(C)=O)cc1. The standard InChI is InChI=1S/C13H14O4/c1-9(14)7-11(8-13(15)16)10-3-5-12(17-2)6-4-10/h3-6,8H,7H2,1-2H3,(H,15,16)/b11-8+. The van der Waals surface area contributed by atoms with Crippen LogP contribution in [0.1, 0.15) is 18.9 Å². The second kappa shape index (κ2) is 5.84. The van der Waals surface area contributed by atoms with Crippen LogP contribution >= 0.6 is 0 Å². The van der Waals surface area contributed by atoms with Crippen molar-refractivity contribution < 1.29 is 19.4 Å². The number of aliphatic carboxylic acids is 1. The molecule has 1 rings (SSSR count). The average molecular weight is 234 g/mol. The molecule has 4 nitrogen and oxygen atoms in total. The predicted octanol–water partition coefficient (Wildman–Crippen LogP) is 2.14. The van der Waals surface area contributed by atoms with E-state index in [9.17, 15) is 9.59 Å². The Labute approximate surface area is 99.5 Å². The van der Waals surface area contributed by atoms with Crippen LogP contribution in [0, 0.1) is 0 Å². The number of allylic oxidation sites excluding steroid dienone is 1. The fourth-order valence-corrected chi connectivity index (χ4v) is 1.46. The minimum atomic E-state index is -1.06. The summed E-state index contributed by atoms with van der Waals surface area (Å²) in [6.07, 6.45) is 1.17. The van der Waals surface area contributed by atoms with Crippen LogP contribution in [0.4, 0.5) is 0 Å². The van der Waals surface area contributed by atoms with Crippen molar-refractivity contribution in [2.24, 2.45) is 0 Å². The van der Waals surface area contributed by atoms with Crippen molar-refractivity contribution in [1.82, 2.24) is 0 Å². The highest BCUT2D eigenvalue weighted by Gasteiger charge is 2.07. The number of carboxylic acid groups (broad SMARTS) is 1. The maximum atomic E-state index is 11.1. The molecule has 1 aromatic carbocycles. The molecule has 90 valence electrons. The molecule has 1 aromatic rings. The van der Waals surface area contributed by atoms with Gasteiger partial charge < -0.3 is 9.84 Å². The first-order valence-corrected chi connectivity index (χ1v) is 5.10. The number of ketones is 1. The van der Waals surface area contributed by atoms with Gasteiger partial charge in [-0.1, -0.05) is 12.1 Å². The lowest BCUT2D eigenvalue weighted by atomic mass is 10.0. The summed E-state index contributed by atoms with van der Waals surface area (Å²) in [6.45, 7) is 1.43. The van der Waals surface area contributed by atoms with Gasteiger partial charge in [-0.05, 0) is 30.2 Å². The Bertz CT molecular complexity index is 443. The summed E-state index contributed by atoms with van der Waals surface area (Å²) >= 11 is 0. The van der Waals surface area contributed by atoms with Crippen LogP contribution in [-0.4, -0.2) is 24.0 Å². The van der Waals surface area contributed by atoms with Crippen LogP contribution in [0.3, 0.4) is 0 Å². The zero-order chi connectivity index (χ0) is 12.8. The van der Waals surface area contributed by atoms with E-state index in [1.54, 1.807) is 31.4 Å². The van der Waals surface area contributed by atoms with E-state index < -0.39 is 5.97 Å². The molecule has 0 aliphatic rings. The maximum absolute atomic E-state index is 11.1. The van der Waals surface area contributed by atoms with Crippen molar-refractivity contribution in [3.8, 4) is 5.75 Å². The summed E-state index contributed by atoms with van der Waals surface area (Å²) in [4.78, 5) is 21.7. The zero-order valence-electron chi connectivity index (χ0n) is 9.77. The summed E-state index contributed by atoms with van der Waals surface area (Å²) in [7, 11) is 1.55. The highest BCUT2D eigenvalue weighted by atomic mass is 16.5. The second-order valence-electron chi connectivity index (χ2n) is 3.62. The molecule has 1 N–H and O–H groups in total. The van der Waals surface area contributed by atoms with Gasteiger partial charge in [0.25, 0.3) is 0 Å². The van der Waals surface area contributed by atoms with Crippen molar-refractivity contribution in [2.45, 2.75) is 13.3 Å². The van der Waals surface area contributed by atoms with Crippen LogP contribution < -0.4 is 4.74 Å². The lowest BCUT2D eigenvalue weighted by Gasteiger charge is -2.06. The highest BCUT2D eigenvalue weighted by Crippen LogP contribution is 2.21. The van der Waals surface area contributed by atoms with Gasteiger partial charge in [-0.25, -0.2) is 4.79 Å². The lowest BCUT2D eigenvalue weighted by Crippen LogP contribution is -1.98. The summed E-state index contributed by atoms with van der Waals surface area (Å²) < 4.78 is 5.01. The molecule has 0 saturated carbocycles. The smallest absolute Gasteiger partial charge is 0.328 e. The number of benzene rings is 1. The van der Waals surface area contributed by atoms with Crippen molar-refractivity contribution in [2.75, 3.05) is 7.11 Å². The minimum Gasteiger partial charge on any atom is -0.497 e. The summed E-state index contributed by atoms with van der Waals surface area (Å²) in [6, 6.07) is 6.92. The first-order valence-electron chi connectivity index (χ1n) is 5.10. The molecule has 0 unspecified atom stereocenters. The van der Waals surface area contributed by atoms with E-state index in [-0.39, 0.29) is 12.2 Å². The predicted molar refractivity (Wildman–Crippen MR) is 63.9 cm³/mol. The largest absolute Gasteiger partial charge is 0.497 e. The monoisotopic (exact) mass is 234 g/mol. The molecule has 17 heavy (non-hydrogen) atoms. The molecule has 0 aromatic heterocycles. The van der Waals surface area contributed by atoms with Crippen LogP contribution in [0.2, 0.25) is 0 Å². The first-order chi connectivity index (χ1) is 8.02. The van der Waals surface area contributed by atoms with E-state index in [1.165, 1.54) is 6.92 Å². The van der Waals surface area contributed by atoms with Gasteiger partial charge in [0.15, 0.2) is 0 Å². The third kappa shape index (κ3) is 4.10. The fourth-order valence-electron chi connectivity index (χ4n) is 1.46. The quantitative estimate of drug-likeness (QED) is 0.793. The molecule has 0 fully saturated rings. The van der Waals surface area contributed by atoms with Crippen LogP contribution in [0.25, 0.3) is 5.57 Å². The van der Waals surface area contributed by atoms with Gasteiger partial charge >= 0.3 is 5.97 Å². The lowest BCUT2D eigenvalue weighted by molar-refractivity contribution is -0.131. The number of hydrogen-bond donors (Lipinski definition) is 1. The van der Waals surface area contributed by atoms with Crippen molar-refractivity contribution in [3.63, 3.8) is 0 Å². The van der Waals surface area contributed by atoms with E-state index in [2.05, 4.69) is 0 Å². The van der Waals surface area contributed by atoms with Crippen LogP contribution in [0.5, 0.6) is 5.75 Å². The Hall–Kier alpha value is -2.10. The summed E-state index contributed by atoms with van der Waals surface area (Å²) in [5.41, 5.74) is 1.20. The maximum Gasteiger partial charge on any atom is 0.328 e. The van der Waals surface area contributed by atoms with E-state index in [0.29, 0.717) is 16.9 Å². The van der Waals surface area contributed by atoms with Crippen molar-refractivity contribution in [3.05, 3.63) is 35.9 Å². The Morgan fingerprint density at radius 2 is 1.88 bits per heavy atom. The highest BCUT2D eigenvalue weighted by molar-refractivity contribution is 5.96. The van der Waals surface area contributed by atoms with Gasteiger partial charge in [0.1, 0.15) is 11.5 Å². The topological polar surface area (TPSA) is 63.6 Å². The molecular formula is C13H14O4. The van der Waals surface area contributed by atoms with Crippen molar-refractivity contribution in [1.29, 1.82) is 0 Å². The number of carboxylic acids is 1. The van der Waals surface area contributed by atoms with Gasteiger partial charge in [0.05, 0.1) is 7.11 Å². The fraction of sp³-hybridized carbons (Fsp3) is 0.231. The van der Waals surface area contributed by atoms with Crippen LogP contribution in [0.15, 0.2) is 30.3 Å². The normalized spacial score (nSPS) is 11.1. The Balaban J connectivity index is 3.04. The van der Waals surface area contributed by atoms with Gasteiger partial charge in [-0.2, -0.15) is 0 Å². The minimum absolute atomic E-state index is 0.0756. The Kier molecular flexibility index (Phi) is 4.46. The molecule has 4 heteroatoms. The third-order valence-corrected chi connectivity index (χ3v) is 2.20. The summed E-state index contributed by atoms with van der Waals surface area (Å²) in [5, 5.41) is 8.75. The number of rotatable bonds is 5. The van der Waals surface area contributed by atoms with E-state index in [4.69, 9.17) is 9.84 Å². The van der Waals surface area contributed by atoms with Gasteiger partial charge in [-0.15, -0.1) is 0 Å². The van der Waals surface area contributed by atoms with Crippen LogP contribution in [-0.2, 0) is 9.59 Å². The molecule has 0 atom stereocenters. The van der Waals surface area contributed by atoms with Gasteiger partial charge in [0, 0.05) is 12.5 Å². The Morgan fingerprint density at radius 3 is 2.29 bits per heavy atom. The molecular weight excluding hydrogens is 220 g/mol. The first kappa shape index (κ1) is 13.0. The molecule has 0 heterocycles. The molecule has 0 spiro atoms. The zero-order valence-corrected chi connectivity index (χ0v) is 9.77. The van der Waals surface area contributed by atoms with E-state index in [1.807, 2.05) is 0 Å². The van der Waals surface area contributed by atoms with Crippen molar-refractivity contribution >= 4 is 17.3 Å². The molecule has 0 amide bonds. The molecule has 0 saturated heterocycles. The van der Waals surface area contributed by atoms with E-state index >= 15 is 0 Å². The van der Waals surface area contributed by atoms with Gasteiger partial charge in [0.2, 0.25) is 0 Å². The van der Waals surface area contributed by atoms with E-state index in [0.717, 1.165) is 6.08 Å². The average Bonchev–Trinajstić information content (AvgIpc) is 2.27. The van der Waals surface area contributed by atoms with Gasteiger partial charge in [-0.3, -0.25) is 4.79 Å². The molecule has 0 radical (unpaired) electrons. The third-order valence-electron chi connectivity index (χ3n) is 2.20. The number of ether oxygens (including phenoxy) is 1. The number of carbonyl (C=O) groups is 2.